The van der Waals surface area contributed by atoms with Crippen LogP contribution in [-0.2, 0) is 0 Å². The van der Waals surface area contributed by atoms with Crippen molar-refractivity contribution in [2.45, 2.75) is 12.5 Å². The first-order chi connectivity index (χ1) is 15.8. The lowest BCUT2D eigenvalue weighted by molar-refractivity contribution is 0.174. The summed E-state index contributed by atoms with van der Waals surface area (Å²) in [5.74, 6) is 1.60. The lowest BCUT2D eigenvalue weighted by atomic mass is 9.96. The first-order valence-corrected chi connectivity index (χ1v) is 10.8. The minimum absolute atomic E-state index is 0.0932. The number of ether oxygens (including phenoxy) is 2. The molecule has 4 nitrogen and oxygen atoms in total. The number of rotatable bonds is 4. The molecule has 0 bridgehead atoms. The van der Waals surface area contributed by atoms with Crippen LogP contribution in [0.15, 0.2) is 108 Å². The summed E-state index contributed by atoms with van der Waals surface area (Å²) in [5, 5.41) is 7.18. The molecular weight excluding hydrogens is 396 g/mol. The lowest BCUT2D eigenvalue weighted by Crippen LogP contribution is -2.18. The van der Waals surface area contributed by atoms with E-state index in [2.05, 4.69) is 77.8 Å². The van der Waals surface area contributed by atoms with Crippen LogP contribution in [0.5, 0.6) is 11.5 Å². The molecule has 6 rings (SSSR count). The molecule has 0 spiro atoms. The van der Waals surface area contributed by atoms with E-state index in [1.54, 1.807) is 0 Å². The molecule has 0 aliphatic carbocycles. The van der Waals surface area contributed by atoms with E-state index in [1.807, 2.05) is 30.3 Å². The van der Waals surface area contributed by atoms with Crippen molar-refractivity contribution < 1.29 is 9.47 Å². The number of anilines is 1. The van der Waals surface area contributed by atoms with Gasteiger partial charge in [-0.15, -0.1) is 0 Å². The first-order valence-electron chi connectivity index (χ1n) is 10.8. The van der Waals surface area contributed by atoms with Crippen molar-refractivity contribution in [3.8, 4) is 22.6 Å². The average Bonchev–Trinajstić information content (AvgIpc) is 3.52. The topological polar surface area (TPSA) is 34.1 Å². The van der Waals surface area contributed by atoms with Crippen LogP contribution >= 0.6 is 0 Å². The molecule has 2 aliphatic rings. The first kappa shape index (κ1) is 18.7. The number of hydrogen-bond acceptors (Lipinski definition) is 4. The van der Waals surface area contributed by atoms with Crippen molar-refractivity contribution in [1.82, 2.24) is 0 Å². The zero-order valence-electron chi connectivity index (χ0n) is 17.5. The van der Waals surface area contributed by atoms with Gasteiger partial charge in [-0.2, -0.15) is 5.10 Å². The average molecular weight is 418 g/mol. The van der Waals surface area contributed by atoms with E-state index >= 15 is 0 Å². The number of para-hydroxylation sites is 1. The molecule has 4 aromatic carbocycles. The highest BCUT2D eigenvalue weighted by Gasteiger charge is 2.31. The summed E-state index contributed by atoms with van der Waals surface area (Å²) >= 11 is 0. The highest BCUT2D eigenvalue weighted by molar-refractivity contribution is 6.03. The molecule has 0 N–H and O–H groups in total. The van der Waals surface area contributed by atoms with Crippen LogP contribution in [0.1, 0.15) is 23.6 Å². The zero-order valence-corrected chi connectivity index (χ0v) is 17.5. The Labute approximate surface area is 187 Å². The molecular formula is C28H22N2O2. The molecule has 2 aliphatic heterocycles. The molecule has 0 saturated heterocycles. The minimum Gasteiger partial charge on any atom is -0.454 e. The maximum absolute atomic E-state index is 5.63. The van der Waals surface area contributed by atoms with Crippen molar-refractivity contribution >= 4 is 11.4 Å². The quantitative estimate of drug-likeness (QED) is 0.383. The van der Waals surface area contributed by atoms with Gasteiger partial charge in [0.05, 0.1) is 17.4 Å². The summed E-state index contributed by atoms with van der Waals surface area (Å²) in [6.07, 6.45) is 0.819. The highest BCUT2D eigenvalue weighted by Crippen LogP contribution is 2.41. The van der Waals surface area contributed by atoms with Gasteiger partial charge in [-0.05, 0) is 46.5 Å². The summed E-state index contributed by atoms with van der Waals surface area (Å²) in [7, 11) is 0. The van der Waals surface area contributed by atoms with Crippen LogP contribution in [0.3, 0.4) is 0 Å². The Morgan fingerprint density at radius 1 is 0.656 bits per heavy atom. The number of nitrogens with zero attached hydrogens (tertiary/aromatic N) is 2. The van der Waals surface area contributed by atoms with Crippen molar-refractivity contribution in [2.24, 2.45) is 5.10 Å². The third-order valence-electron chi connectivity index (χ3n) is 6.04. The van der Waals surface area contributed by atoms with Gasteiger partial charge < -0.3 is 9.47 Å². The molecule has 0 aromatic heterocycles. The molecule has 32 heavy (non-hydrogen) atoms. The van der Waals surface area contributed by atoms with E-state index in [0.29, 0.717) is 0 Å². The molecule has 0 fully saturated rings. The second-order valence-corrected chi connectivity index (χ2v) is 8.00. The Morgan fingerprint density at radius 3 is 2.09 bits per heavy atom. The number of hydrazone groups is 1. The predicted octanol–water partition coefficient (Wildman–Crippen LogP) is 6.44. The monoisotopic (exact) mass is 418 g/mol. The van der Waals surface area contributed by atoms with Gasteiger partial charge in [-0.3, -0.25) is 5.01 Å². The van der Waals surface area contributed by atoms with Gasteiger partial charge >= 0.3 is 0 Å². The van der Waals surface area contributed by atoms with Crippen LogP contribution < -0.4 is 14.5 Å². The number of benzene rings is 4. The van der Waals surface area contributed by atoms with Gasteiger partial charge in [-0.25, -0.2) is 0 Å². The van der Waals surface area contributed by atoms with Crippen LogP contribution in [-0.4, -0.2) is 12.5 Å². The standard InChI is InChI=1S/C28H22N2O2/c1-3-7-20(8-4-1)21-11-13-22(14-12-21)25-18-26(30(29-25)24-9-5-2-6-10-24)23-15-16-27-28(17-23)32-19-31-27/h1-17,26H,18-19H2/t26-/m1/s1. The minimum atomic E-state index is 0.0932. The maximum atomic E-state index is 5.63. The lowest BCUT2D eigenvalue weighted by Gasteiger charge is -2.24. The number of fused-ring (bicyclic) bond motifs is 1. The molecule has 4 heteroatoms. The number of hydrogen-bond donors (Lipinski definition) is 0. The normalized spacial score (nSPS) is 16.8. The molecule has 1 atom stereocenters. The Morgan fingerprint density at radius 2 is 1.31 bits per heavy atom. The van der Waals surface area contributed by atoms with E-state index < -0.39 is 0 Å². The van der Waals surface area contributed by atoms with Gasteiger partial charge in [-0.1, -0.05) is 78.9 Å². The van der Waals surface area contributed by atoms with Crippen molar-refractivity contribution in [3.63, 3.8) is 0 Å². The Hall–Kier alpha value is -4.05. The van der Waals surface area contributed by atoms with Crippen LogP contribution in [0.2, 0.25) is 0 Å². The SMILES string of the molecule is c1ccc(-c2ccc(C3=NN(c4ccccc4)[C@@H](c4ccc5c(c4)OCO5)C3)cc2)cc1. The van der Waals surface area contributed by atoms with Gasteiger partial charge in [0, 0.05) is 6.42 Å². The second kappa shape index (κ2) is 7.89. The van der Waals surface area contributed by atoms with Gasteiger partial charge in [0.2, 0.25) is 6.79 Å². The van der Waals surface area contributed by atoms with E-state index in [-0.39, 0.29) is 12.8 Å². The summed E-state index contributed by atoms with van der Waals surface area (Å²) in [6, 6.07) is 35.8. The molecule has 2 heterocycles. The highest BCUT2D eigenvalue weighted by atomic mass is 16.7. The Kier molecular flexibility index (Phi) is 4.61. The molecule has 0 saturated carbocycles. The Bertz CT molecular complexity index is 1270. The Balaban J connectivity index is 1.35. The summed E-state index contributed by atoms with van der Waals surface area (Å²) in [6.45, 7) is 0.279. The summed E-state index contributed by atoms with van der Waals surface area (Å²) in [5.41, 5.74) is 6.89. The fourth-order valence-corrected chi connectivity index (χ4v) is 4.37. The van der Waals surface area contributed by atoms with E-state index in [0.717, 1.165) is 40.4 Å². The molecule has 156 valence electrons. The van der Waals surface area contributed by atoms with E-state index in [9.17, 15) is 0 Å². The fourth-order valence-electron chi connectivity index (χ4n) is 4.37. The maximum Gasteiger partial charge on any atom is 0.231 e. The third kappa shape index (κ3) is 3.40. The van der Waals surface area contributed by atoms with Crippen molar-refractivity contribution in [2.75, 3.05) is 11.8 Å². The van der Waals surface area contributed by atoms with Crippen LogP contribution in [0.4, 0.5) is 5.69 Å². The molecule has 0 amide bonds. The van der Waals surface area contributed by atoms with Gasteiger partial charge in [0.15, 0.2) is 11.5 Å². The third-order valence-corrected chi connectivity index (χ3v) is 6.04. The predicted molar refractivity (Wildman–Crippen MR) is 127 cm³/mol. The second-order valence-electron chi connectivity index (χ2n) is 8.00. The largest absolute Gasteiger partial charge is 0.454 e. The van der Waals surface area contributed by atoms with Gasteiger partial charge in [0.25, 0.3) is 0 Å². The smallest absolute Gasteiger partial charge is 0.231 e. The zero-order chi connectivity index (χ0) is 21.3. The van der Waals surface area contributed by atoms with Crippen molar-refractivity contribution in [1.29, 1.82) is 0 Å². The van der Waals surface area contributed by atoms with E-state index in [4.69, 9.17) is 14.6 Å². The van der Waals surface area contributed by atoms with E-state index in [1.165, 1.54) is 11.1 Å². The molecule has 4 aromatic rings. The fraction of sp³-hybridized carbons (Fsp3) is 0.107. The van der Waals surface area contributed by atoms with Crippen LogP contribution in [0.25, 0.3) is 11.1 Å². The van der Waals surface area contributed by atoms with Gasteiger partial charge in [0.1, 0.15) is 0 Å². The molecule has 0 unspecified atom stereocenters. The molecule has 0 radical (unpaired) electrons. The summed E-state index contributed by atoms with van der Waals surface area (Å²) < 4.78 is 11.1. The summed E-state index contributed by atoms with van der Waals surface area (Å²) in [4.78, 5) is 0. The van der Waals surface area contributed by atoms with Crippen molar-refractivity contribution in [3.05, 3.63) is 114 Å². The van der Waals surface area contributed by atoms with Crippen LogP contribution in [0, 0.1) is 0 Å².